The standard InChI is InChI=1S/C14H16N4O/c1-10-13(19)12-9-16(2)17(3)14(18(12)15-10)11-7-5-4-6-8-11/h4-9,14H,1-3H3. The van der Waals surface area contributed by atoms with Crippen molar-refractivity contribution < 1.29 is 4.79 Å². The van der Waals surface area contributed by atoms with Crippen LogP contribution in [-0.4, -0.2) is 40.6 Å². The first-order valence-electron chi connectivity index (χ1n) is 6.21. The smallest absolute Gasteiger partial charge is 0.228 e. The highest BCUT2D eigenvalue weighted by Crippen LogP contribution is 2.35. The number of hydrogen-bond acceptors (Lipinski definition) is 5. The minimum atomic E-state index is -0.0902. The van der Waals surface area contributed by atoms with Crippen LogP contribution in [0.5, 0.6) is 0 Å². The fourth-order valence-electron chi connectivity index (χ4n) is 2.44. The maximum absolute atomic E-state index is 12.1. The predicted octanol–water partition coefficient (Wildman–Crippen LogP) is 1.58. The van der Waals surface area contributed by atoms with Gasteiger partial charge in [-0.3, -0.25) is 4.79 Å². The quantitative estimate of drug-likeness (QED) is 0.764. The van der Waals surface area contributed by atoms with Gasteiger partial charge in [-0.15, -0.1) is 0 Å². The van der Waals surface area contributed by atoms with Crippen molar-refractivity contribution >= 4 is 11.5 Å². The zero-order valence-corrected chi connectivity index (χ0v) is 11.2. The molecule has 5 heteroatoms. The Morgan fingerprint density at radius 2 is 1.84 bits per heavy atom. The number of Topliss-reactive ketones (excluding diaryl/α,β-unsaturated/α-hetero) is 1. The number of hydrogen-bond donors (Lipinski definition) is 0. The van der Waals surface area contributed by atoms with E-state index < -0.39 is 0 Å². The van der Waals surface area contributed by atoms with Crippen LogP contribution in [0.3, 0.4) is 0 Å². The number of carbonyl (C=O) groups excluding carboxylic acids is 1. The second kappa shape index (κ2) is 4.20. The van der Waals surface area contributed by atoms with Crippen LogP contribution in [0.15, 0.2) is 47.3 Å². The highest BCUT2D eigenvalue weighted by atomic mass is 16.1. The minimum Gasteiger partial charge on any atom is -0.312 e. The number of fused-ring (bicyclic) bond motifs is 1. The number of hydrazone groups is 1. The third kappa shape index (κ3) is 1.74. The molecule has 0 radical (unpaired) electrons. The molecular formula is C14H16N4O. The average molecular weight is 256 g/mol. The molecule has 0 saturated heterocycles. The summed E-state index contributed by atoms with van der Waals surface area (Å²) in [6, 6.07) is 10.1. The van der Waals surface area contributed by atoms with Gasteiger partial charge in [-0.05, 0) is 12.5 Å². The highest BCUT2D eigenvalue weighted by molar-refractivity contribution is 6.46. The Kier molecular flexibility index (Phi) is 2.64. The third-order valence-corrected chi connectivity index (χ3v) is 3.56. The lowest BCUT2D eigenvalue weighted by Crippen LogP contribution is -2.47. The first-order valence-corrected chi connectivity index (χ1v) is 6.21. The van der Waals surface area contributed by atoms with Gasteiger partial charge in [0.25, 0.3) is 0 Å². The minimum absolute atomic E-state index is 0.000816. The van der Waals surface area contributed by atoms with Gasteiger partial charge in [0.05, 0.1) is 0 Å². The topological polar surface area (TPSA) is 39.1 Å². The van der Waals surface area contributed by atoms with Crippen LogP contribution in [-0.2, 0) is 4.79 Å². The van der Waals surface area contributed by atoms with E-state index in [4.69, 9.17) is 0 Å². The molecule has 0 spiro atoms. The molecule has 0 saturated carbocycles. The number of carbonyl (C=O) groups is 1. The summed E-state index contributed by atoms with van der Waals surface area (Å²) >= 11 is 0. The maximum atomic E-state index is 12.1. The van der Waals surface area contributed by atoms with Crippen molar-refractivity contribution in [1.82, 2.24) is 15.0 Å². The Hall–Kier alpha value is -2.14. The van der Waals surface area contributed by atoms with Crippen LogP contribution in [0, 0.1) is 0 Å². The molecule has 0 N–H and O–H groups in total. The van der Waals surface area contributed by atoms with E-state index in [1.54, 1.807) is 11.9 Å². The largest absolute Gasteiger partial charge is 0.312 e. The molecule has 0 bridgehead atoms. The Bertz CT molecular complexity index is 578. The Balaban J connectivity index is 2.09. The van der Waals surface area contributed by atoms with Crippen LogP contribution in [0.2, 0.25) is 0 Å². The molecule has 0 amide bonds. The first kappa shape index (κ1) is 11.9. The molecule has 3 rings (SSSR count). The fourth-order valence-corrected chi connectivity index (χ4v) is 2.44. The molecule has 2 aliphatic heterocycles. The van der Waals surface area contributed by atoms with E-state index in [9.17, 15) is 4.79 Å². The third-order valence-electron chi connectivity index (χ3n) is 3.56. The van der Waals surface area contributed by atoms with Crippen LogP contribution in [0.25, 0.3) is 0 Å². The molecule has 0 aliphatic carbocycles. The summed E-state index contributed by atoms with van der Waals surface area (Å²) in [5.74, 6) is 0.000816. The van der Waals surface area contributed by atoms with Gasteiger partial charge in [0.15, 0.2) is 0 Å². The summed E-state index contributed by atoms with van der Waals surface area (Å²) < 4.78 is 0. The lowest BCUT2D eigenvalue weighted by molar-refractivity contribution is -0.114. The van der Waals surface area contributed by atoms with Crippen molar-refractivity contribution in [3.05, 3.63) is 47.8 Å². The molecule has 1 unspecified atom stereocenters. The van der Waals surface area contributed by atoms with E-state index in [0.717, 1.165) is 5.56 Å². The maximum Gasteiger partial charge on any atom is 0.228 e. The van der Waals surface area contributed by atoms with Crippen molar-refractivity contribution in [2.75, 3.05) is 14.1 Å². The zero-order chi connectivity index (χ0) is 13.6. The first-order chi connectivity index (χ1) is 9.09. The molecule has 2 heterocycles. The summed E-state index contributed by atoms with van der Waals surface area (Å²) in [7, 11) is 3.92. The van der Waals surface area contributed by atoms with Crippen LogP contribution in [0.1, 0.15) is 18.7 Å². The van der Waals surface area contributed by atoms with Gasteiger partial charge in [-0.2, -0.15) is 10.1 Å². The molecule has 0 aromatic heterocycles. The second-order valence-electron chi connectivity index (χ2n) is 4.81. The van der Waals surface area contributed by atoms with E-state index in [-0.39, 0.29) is 11.9 Å². The van der Waals surface area contributed by atoms with Crippen molar-refractivity contribution in [3.63, 3.8) is 0 Å². The Labute approximate surface area is 112 Å². The summed E-state index contributed by atoms with van der Waals surface area (Å²) in [6.45, 7) is 1.75. The number of rotatable bonds is 1. The van der Waals surface area contributed by atoms with E-state index >= 15 is 0 Å². The fraction of sp³-hybridized carbons (Fsp3) is 0.286. The van der Waals surface area contributed by atoms with E-state index in [1.807, 2.05) is 60.6 Å². The molecule has 1 aromatic rings. The Morgan fingerprint density at radius 1 is 1.16 bits per heavy atom. The molecule has 0 fully saturated rings. The number of allylic oxidation sites excluding steroid dienone is 1. The molecule has 2 aliphatic rings. The van der Waals surface area contributed by atoms with E-state index in [2.05, 4.69) is 5.10 Å². The second-order valence-corrected chi connectivity index (χ2v) is 4.81. The summed E-state index contributed by atoms with van der Waals surface area (Å²) in [6.07, 6.45) is 1.73. The van der Waals surface area contributed by atoms with Crippen LogP contribution in [0.4, 0.5) is 0 Å². The van der Waals surface area contributed by atoms with Crippen molar-refractivity contribution in [2.45, 2.75) is 13.1 Å². The van der Waals surface area contributed by atoms with E-state index in [0.29, 0.717) is 11.4 Å². The van der Waals surface area contributed by atoms with Crippen molar-refractivity contribution in [3.8, 4) is 0 Å². The van der Waals surface area contributed by atoms with Gasteiger partial charge < -0.3 is 5.01 Å². The predicted molar refractivity (Wildman–Crippen MR) is 72.7 cm³/mol. The van der Waals surface area contributed by atoms with Crippen molar-refractivity contribution in [1.29, 1.82) is 0 Å². The lowest BCUT2D eigenvalue weighted by atomic mass is 10.1. The number of benzene rings is 1. The zero-order valence-electron chi connectivity index (χ0n) is 11.2. The monoisotopic (exact) mass is 256 g/mol. The van der Waals surface area contributed by atoms with E-state index in [1.165, 1.54) is 0 Å². The molecule has 98 valence electrons. The number of nitrogens with zero attached hydrogens (tertiary/aromatic N) is 4. The SMILES string of the molecule is CC1=NN2C(=CN(C)N(C)C2c2ccccc2)C1=O. The summed E-state index contributed by atoms with van der Waals surface area (Å²) in [5, 5.41) is 10.2. The normalized spacial score (nSPS) is 23.3. The Morgan fingerprint density at radius 3 is 2.53 bits per heavy atom. The molecule has 1 aromatic carbocycles. The van der Waals surface area contributed by atoms with Gasteiger partial charge >= 0.3 is 0 Å². The molecular weight excluding hydrogens is 240 g/mol. The van der Waals surface area contributed by atoms with Gasteiger partial charge in [0, 0.05) is 20.3 Å². The molecule has 5 nitrogen and oxygen atoms in total. The number of ketones is 1. The van der Waals surface area contributed by atoms with Gasteiger partial charge in [-0.1, -0.05) is 30.3 Å². The highest BCUT2D eigenvalue weighted by Gasteiger charge is 2.39. The summed E-state index contributed by atoms with van der Waals surface area (Å²) in [5.41, 5.74) is 2.27. The number of hydrazine groups is 1. The summed E-state index contributed by atoms with van der Waals surface area (Å²) in [4.78, 5) is 12.1. The van der Waals surface area contributed by atoms with Crippen molar-refractivity contribution in [2.24, 2.45) is 5.10 Å². The molecule has 19 heavy (non-hydrogen) atoms. The van der Waals surface area contributed by atoms with Gasteiger partial charge in [0.2, 0.25) is 5.78 Å². The lowest BCUT2D eigenvalue weighted by Gasteiger charge is -2.43. The van der Waals surface area contributed by atoms with Gasteiger partial charge in [0.1, 0.15) is 17.6 Å². The molecule has 1 atom stereocenters. The average Bonchev–Trinajstić information content (AvgIpc) is 2.68. The van der Waals surface area contributed by atoms with Gasteiger partial charge in [-0.25, -0.2) is 5.01 Å². The van der Waals surface area contributed by atoms with Crippen LogP contribution < -0.4 is 0 Å². The van der Waals surface area contributed by atoms with Crippen LogP contribution >= 0.6 is 0 Å².